The molecular weight excluding hydrogens is 332 g/mol. The van der Waals surface area contributed by atoms with Gasteiger partial charge in [0.05, 0.1) is 0 Å². The number of allylic oxidation sites excluding steroid dienone is 3. The molecule has 0 N–H and O–H groups in total. The second kappa shape index (κ2) is 14.1. The molecule has 149 valence electrons. The van der Waals surface area contributed by atoms with E-state index in [-0.39, 0.29) is 17.5 Å². The van der Waals surface area contributed by atoms with Gasteiger partial charge in [-0.1, -0.05) is 82.5 Å². The average Bonchev–Trinajstić information content (AvgIpc) is 3.51. The minimum atomic E-state index is -0.0903. The van der Waals surface area contributed by atoms with Gasteiger partial charge in [0.15, 0.2) is 5.78 Å². The molecule has 0 aliphatic heterocycles. The Labute approximate surface area is 166 Å². The van der Waals surface area contributed by atoms with E-state index >= 15 is 0 Å². The third-order valence-corrected chi connectivity index (χ3v) is 4.47. The fourth-order valence-corrected chi connectivity index (χ4v) is 2.22. The van der Waals surface area contributed by atoms with E-state index in [1.807, 2.05) is 13.0 Å². The van der Waals surface area contributed by atoms with E-state index in [0.29, 0.717) is 12.3 Å². The lowest BCUT2D eigenvalue weighted by atomic mass is 9.94. The molecule has 1 aliphatic rings. The zero-order chi connectivity index (χ0) is 20.8. The van der Waals surface area contributed by atoms with E-state index in [1.54, 1.807) is 12.5 Å². The minimum absolute atomic E-state index is 0.0903. The number of carbonyl (C=O) groups is 2. The van der Waals surface area contributed by atoms with Crippen LogP contribution in [-0.2, 0) is 9.59 Å². The Morgan fingerprint density at radius 3 is 1.93 bits per heavy atom. The van der Waals surface area contributed by atoms with Crippen LogP contribution in [0.25, 0.3) is 0 Å². The summed E-state index contributed by atoms with van der Waals surface area (Å²) in [5, 5.41) is 0. The maximum Gasteiger partial charge on any atom is 0.162 e. The third kappa shape index (κ3) is 11.4. The molecule has 0 fully saturated rings. The van der Waals surface area contributed by atoms with Gasteiger partial charge in [-0.2, -0.15) is 0 Å². The predicted molar refractivity (Wildman–Crippen MR) is 117 cm³/mol. The molecule has 27 heavy (non-hydrogen) atoms. The number of hydrogen-bond acceptors (Lipinski definition) is 2. The van der Waals surface area contributed by atoms with Gasteiger partial charge < -0.3 is 4.79 Å². The second-order valence-electron chi connectivity index (χ2n) is 7.10. The van der Waals surface area contributed by atoms with Crippen LogP contribution in [0, 0.1) is 19.3 Å². The SMILES string of the molecule is C=CC(C)c1ccc(C)cc1.CCC(CC(C)=O)C(=O)C1=C[CH]1.CCCC. The van der Waals surface area contributed by atoms with Crippen LogP contribution in [0.15, 0.2) is 48.6 Å². The van der Waals surface area contributed by atoms with Crippen molar-refractivity contribution >= 4 is 11.6 Å². The summed E-state index contributed by atoms with van der Waals surface area (Å²) < 4.78 is 0. The van der Waals surface area contributed by atoms with Gasteiger partial charge in [-0.05, 0) is 37.3 Å². The van der Waals surface area contributed by atoms with Gasteiger partial charge in [0.25, 0.3) is 0 Å². The first kappa shape index (κ1) is 25.0. The highest BCUT2D eigenvalue weighted by molar-refractivity contribution is 6.05. The highest BCUT2D eigenvalue weighted by atomic mass is 16.1. The number of hydrogen-bond donors (Lipinski definition) is 0. The smallest absolute Gasteiger partial charge is 0.162 e. The summed E-state index contributed by atoms with van der Waals surface area (Å²) in [5.41, 5.74) is 3.44. The molecule has 0 bridgehead atoms. The Morgan fingerprint density at radius 1 is 1.07 bits per heavy atom. The molecule has 0 saturated carbocycles. The van der Waals surface area contributed by atoms with E-state index in [0.717, 1.165) is 12.0 Å². The largest absolute Gasteiger partial charge is 0.300 e. The summed E-state index contributed by atoms with van der Waals surface area (Å²) in [6.45, 7) is 15.8. The van der Waals surface area contributed by atoms with Crippen molar-refractivity contribution in [1.82, 2.24) is 0 Å². The van der Waals surface area contributed by atoms with Crippen LogP contribution in [-0.4, -0.2) is 11.6 Å². The number of ketones is 2. The Hall–Kier alpha value is -1.96. The molecule has 2 heteroatoms. The Bertz CT molecular complexity index is 606. The maximum absolute atomic E-state index is 11.4. The molecule has 1 radical (unpaired) electrons. The Morgan fingerprint density at radius 2 is 1.59 bits per heavy atom. The van der Waals surface area contributed by atoms with E-state index in [2.05, 4.69) is 58.5 Å². The Balaban J connectivity index is 0.000000421. The normalized spacial score (nSPS) is 13.6. The predicted octanol–water partition coefficient (Wildman–Crippen LogP) is 6.80. The van der Waals surface area contributed by atoms with Crippen LogP contribution < -0.4 is 0 Å². The third-order valence-electron chi connectivity index (χ3n) is 4.47. The lowest BCUT2D eigenvalue weighted by Gasteiger charge is -2.08. The maximum atomic E-state index is 11.4. The van der Waals surface area contributed by atoms with Gasteiger partial charge in [0.1, 0.15) is 5.78 Å². The number of rotatable bonds is 8. The van der Waals surface area contributed by atoms with Crippen molar-refractivity contribution in [3.63, 3.8) is 0 Å². The van der Waals surface area contributed by atoms with Crippen LogP contribution >= 0.6 is 0 Å². The molecule has 1 aromatic carbocycles. The first-order valence-electron chi connectivity index (χ1n) is 10.1. The Kier molecular flexibility index (Phi) is 13.1. The summed E-state index contributed by atoms with van der Waals surface area (Å²) in [7, 11) is 0. The number of Topliss-reactive ketones (excluding diaryl/α,β-unsaturated/α-hetero) is 2. The van der Waals surface area contributed by atoms with Gasteiger partial charge in [-0.15, -0.1) is 6.58 Å². The van der Waals surface area contributed by atoms with E-state index in [1.165, 1.54) is 30.9 Å². The van der Waals surface area contributed by atoms with Gasteiger partial charge in [-0.25, -0.2) is 0 Å². The van der Waals surface area contributed by atoms with Gasteiger partial charge >= 0.3 is 0 Å². The van der Waals surface area contributed by atoms with E-state index in [9.17, 15) is 9.59 Å². The first-order valence-corrected chi connectivity index (χ1v) is 10.1. The average molecular weight is 370 g/mol. The molecule has 0 heterocycles. The van der Waals surface area contributed by atoms with Gasteiger partial charge in [0, 0.05) is 18.8 Å². The fraction of sp³-hybridized carbons (Fsp3) is 0.480. The first-order chi connectivity index (χ1) is 12.8. The van der Waals surface area contributed by atoms with Crippen LogP contribution in [0.2, 0.25) is 0 Å². The highest BCUT2D eigenvalue weighted by Crippen LogP contribution is 2.25. The molecule has 2 atom stereocenters. The zero-order valence-electron chi connectivity index (χ0n) is 18.0. The summed E-state index contributed by atoms with van der Waals surface area (Å²) in [6, 6.07) is 8.58. The van der Waals surface area contributed by atoms with Crippen LogP contribution in [0.1, 0.15) is 77.3 Å². The summed E-state index contributed by atoms with van der Waals surface area (Å²) in [6.07, 6.45) is 9.34. The molecule has 0 amide bonds. The van der Waals surface area contributed by atoms with Crippen molar-refractivity contribution in [2.45, 2.75) is 73.1 Å². The van der Waals surface area contributed by atoms with Crippen molar-refractivity contribution in [2.24, 2.45) is 5.92 Å². The fourth-order valence-electron chi connectivity index (χ4n) is 2.22. The summed E-state index contributed by atoms with van der Waals surface area (Å²) in [5.74, 6) is 0.604. The monoisotopic (exact) mass is 369 g/mol. The lowest BCUT2D eigenvalue weighted by Crippen LogP contribution is -2.15. The number of unbranched alkanes of at least 4 members (excludes halogenated alkanes) is 1. The second-order valence-corrected chi connectivity index (χ2v) is 7.10. The molecular formula is C25H37O2. The zero-order valence-corrected chi connectivity index (χ0v) is 18.0. The molecule has 1 aliphatic carbocycles. The standard InChI is InChI=1S/C11H14.C10H13O2.C4H10/c1-4-10(3)11-7-5-9(2)6-8-11;1-3-8(6-7(2)11)10(12)9-4-5-9;1-3-4-2/h4-8,10H,1H2,2-3H3;4-5,8H,3,6H2,1-2H3;3-4H2,1-2H3. The molecule has 2 rings (SSSR count). The van der Waals surface area contributed by atoms with Crippen molar-refractivity contribution in [3.8, 4) is 0 Å². The lowest BCUT2D eigenvalue weighted by molar-refractivity contribution is -0.124. The molecule has 1 aromatic rings. The van der Waals surface area contributed by atoms with E-state index < -0.39 is 0 Å². The van der Waals surface area contributed by atoms with Crippen LogP contribution in [0.4, 0.5) is 0 Å². The molecule has 2 nitrogen and oxygen atoms in total. The topological polar surface area (TPSA) is 34.1 Å². The summed E-state index contributed by atoms with van der Waals surface area (Å²) >= 11 is 0. The van der Waals surface area contributed by atoms with Gasteiger partial charge in [-0.3, -0.25) is 4.79 Å². The molecule has 0 spiro atoms. The number of benzene rings is 1. The van der Waals surface area contributed by atoms with Crippen molar-refractivity contribution < 1.29 is 9.59 Å². The number of aryl methyl sites for hydroxylation is 1. The molecule has 2 unspecified atom stereocenters. The highest BCUT2D eigenvalue weighted by Gasteiger charge is 2.25. The van der Waals surface area contributed by atoms with E-state index in [4.69, 9.17) is 0 Å². The molecule has 0 saturated heterocycles. The van der Waals surface area contributed by atoms with Crippen LogP contribution in [0.3, 0.4) is 0 Å². The summed E-state index contributed by atoms with van der Waals surface area (Å²) in [4.78, 5) is 22.2. The van der Waals surface area contributed by atoms with Crippen molar-refractivity contribution in [2.75, 3.05) is 0 Å². The number of carbonyl (C=O) groups excluding carboxylic acids is 2. The molecule has 0 aromatic heterocycles. The quantitative estimate of drug-likeness (QED) is 0.472. The van der Waals surface area contributed by atoms with Crippen LogP contribution in [0.5, 0.6) is 0 Å². The minimum Gasteiger partial charge on any atom is -0.300 e. The van der Waals surface area contributed by atoms with Crippen molar-refractivity contribution in [1.29, 1.82) is 0 Å². The van der Waals surface area contributed by atoms with Gasteiger partial charge in [0.2, 0.25) is 0 Å². The van der Waals surface area contributed by atoms with Crippen molar-refractivity contribution in [3.05, 3.63) is 66.1 Å².